The van der Waals surface area contributed by atoms with Gasteiger partial charge >= 0.3 is 0 Å². The summed E-state index contributed by atoms with van der Waals surface area (Å²) in [5.41, 5.74) is 0.917. The highest BCUT2D eigenvalue weighted by Gasteiger charge is 2.59. The van der Waals surface area contributed by atoms with E-state index in [-0.39, 0.29) is 54.0 Å². The number of likely N-dealkylation sites (N-methyl/N-ethyl adjacent to an activating group) is 1. The number of amides is 3. The van der Waals surface area contributed by atoms with Gasteiger partial charge in [0.25, 0.3) is 0 Å². The number of imide groups is 1. The maximum absolute atomic E-state index is 12.7. The number of rotatable bonds is 6. The number of benzene rings is 1. The van der Waals surface area contributed by atoms with Gasteiger partial charge in [-0.2, -0.15) is 0 Å². The molecule has 1 saturated heterocycles. The molecule has 1 saturated carbocycles. The van der Waals surface area contributed by atoms with E-state index < -0.39 is 0 Å². The van der Waals surface area contributed by atoms with E-state index in [2.05, 4.69) is 5.32 Å². The predicted octanol–water partition coefficient (Wildman–Crippen LogP) is 1.87. The third kappa shape index (κ3) is 3.14. The summed E-state index contributed by atoms with van der Waals surface area (Å²) in [6.45, 7) is 0.123. The SMILES string of the molecule is CN(C)C(CNC(=O)CN1C(=O)C2C3C=CC(C3)C2C1=O)c1ccccc1Cl. The number of nitrogens with zero attached hydrogens (tertiary/aromatic N) is 2. The summed E-state index contributed by atoms with van der Waals surface area (Å²) < 4.78 is 0. The first-order chi connectivity index (χ1) is 13.4. The molecule has 1 aliphatic heterocycles. The number of nitrogens with one attached hydrogen (secondary N) is 1. The molecule has 1 aromatic rings. The quantitative estimate of drug-likeness (QED) is 0.583. The second kappa shape index (κ2) is 7.33. The molecule has 2 aliphatic carbocycles. The van der Waals surface area contributed by atoms with E-state index in [9.17, 15) is 14.4 Å². The molecule has 1 aromatic carbocycles. The van der Waals surface area contributed by atoms with Crippen molar-refractivity contribution in [2.45, 2.75) is 12.5 Å². The van der Waals surface area contributed by atoms with E-state index in [1.54, 1.807) is 0 Å². The molecule has 3 aliphatic rings. The molecular weight excluding hydrogens is 378 g/mol. The van der Waals surface area contributed by atoms with Crippen molar-refractivity contribution in [2.75, 3.05) is 27.2 Å². The van der Waals surface area contributed by atoms with Crippen LogP contribution in [0.15, 0.2) is 36.4 Å². The number of hydrogen-bond acceptors (Lipinski definition) is 4. The van der Waals surface area contributed by atoms with Gasteiger partial charge in [-0.15, -0.1) is 0 Å². The van der Waals surface area contributed by atoms with E-state index in [1.807, 2.05) is 55.4 Å². The number of fused-ring (bicyclic) bond motifs is 5. The first-order valence-corrected chi connectivity index (χ1v) is 9.97. The number of allylic oxidation sites excluding steroid dienone is 2. The Labute approximate surface area is 169 Å². The Hall–Kier alpha value is -2.18. The minimum Gasteiger partial charge on any atom is -0.353 e. The normalized spacial score (nSPS) is 28.9. The van der Waals surface area contributed by atoms with E-state index in [0.717, 1.165) is 16.9 Å². The van der Waals surface area contributed by atoms with Gasteiger partial charge in [0.15, 0.2) is 0 Å². The molecule has 148 valence electrons. The molecule has 6 nitrogen and oxygen atoms in total. The summed E-state index contributed by atoms with van der Waals surface area (Å²) in [6.07, 6.45) is 4.98. The van der Waals surface area contributed by atoms with Gasteiger partial charge in [-0.1, -0.05) is 42.0 Å². The summed E-state index contributed by atoms with van der Waals surface area (Å²) in [6, 6.07) is 7.40. The van der Waals surface area contributed by atoms with Crippen LogP contribution in [0.5, 0.6) is 0 Å². The third-order valence-corrected chi connectivity index (χ3v) is 6.59. The molecular formula is C21H24ClN3O3. The highest BCUT2D eigenvalue weighted by atomic mass is 35.5. The van der Waals surface area contributed by atoms with Crippen LogP contribution in [-0.4, -0.2) is 54.7 Å². The van der Waals surface area contributed by atoms with Crippen molar-refractivity contribution in [1.29, 1.82) is 0 Å². The van der Waals surface area contributed by atoms with Gasteiger partial charge in [0.2, 0.25) is 17.7 Å². The molecule has 2 bridgehead atoms. The average Bonchev–Trinajstić information content (AvgIpc) is 3.33. The first-order valence-electron chi connectivity index (χ1n) is 9.59. The predicted molar refractivity (Wildman–Crippen MR) is 105 cm³/mol. The summed E-state index contributed by atoms with van der Waals surface area (Å²) in [5, 5.41) is 3.50. The molecule has 1 N–H and O–H groups in total. The first kappa shape index (κ1) is 19.2. The molecule has 1 heterocycles. The highest BCUT2D eigenvalue weighted by molar-refractivity contribution is 6.31. The van der Waals surface area contributed by atoms with Gasteiger partial charge in [0, 0.05) is 11.6 Å². The van der Waals surface area contributed by atoms with Crippen LogP contribution in [0.4, 0.5) is 0 Å². The lowest BCUT2D eigenvalue weighted by Gasteiger charge is -2.26. The van der Waals surface area contributed by atoms with Gasteiger partial charge in [0.05, 0.1) is 17.9 Å². The monoisotopic (exact) mass is 401 g/mol. The van der Waals surface area contributed by atoms with Crippen LogP contribution < -0.4 is 5.32 Å². The third-order valence-electron chi connectivity index (χ3n) is 6.24. The number of carbonyl (C=O) groups excluding carboxylic acids is 3. The Morgan fingerprint density at radius 3 is 2.36 bits per heavy atom. The Balaban J connectivity index is 1.39. The Morgan fingerprint density at radius 1 is 1.18 bits per heavy atom. The molecule has 5 unspecified atom stereocenters. The molecule has 7 heteroatoms. The maximum atomic E-state index is 12.7. The second-order valence-corrected chi connectivity index (χ2v) is 8.47. The highest BCUT2D eigenvalue weighted by Crippen LogP contribution is 2.52. The molecule has 5 atom stereocenters. The lowest BCUT2D eigenvalue weighted by molar-refractivity contribution is -0.144. The fourth-order valence-electron chi connectivity index (χ4n) is 4.85. The van der Waals surface area contributed by atoms with Crippen molar-refractivity contribution in [1.82, 2.24) is 15.1 Å². The molecule has 3 amide bonds. The Kier molecular flexibility index (Phi) is 5.02. The summed E-state index contributed by atoms with van der Waals surface area (Å²) in [7, 11) is 3.83. The van der Waals surface area contributed by atoms with Crippen LogP contribution in [0.2, 0.25) is 5.02 Å². The Morgan fingerprint density at radius 2 is 1.79 bits per heavy atom. The number of hydrogen-bond donors (Lipinski definition) is 1. The van der Waals surface area contributed by atoms with Gasteiger partial charge in [-0.05, 0) is 44.0 Å². The number of carbonyl (C=O) groups is 3. The topological polar surface area (TPSA) is 69.7 Å². The van der Waals surface area contributed by atoms with Gasteiger partial charge in [-0.3, -0.25) is 19.3 Å². The maximum Gasteiger partial charge on any atom is 0.240 e. The van der Waals surface area contributed by atoms with Crippen molar-refractivity contribution in [3.05, 3.63) is 47.0 Å². The van der Waals surface area contributed by atoms with Crippen molar-refractivity contribution in [3.63, 3.8) is 0 Å². The van der Waals surface area contributed by atoms with Crippen molar-refractivity contribution in [2.24, 2.45) is 23.7 Å². The molecule has 0 radical (unpaired) electrons. The zero-order chi connectivity index (χ0) is 20.0. The molecule has 0 spiro atoms. The molecule has 0 aromatic heterocycles. The standard InChI is InChI=1S/C21H24ClN3O3/c1-24(2)16(14-5-3-4-6-15(14)22)10-23-17(26)11-25-20(27)18-12-7-8-13(9-12)19(18)21(25)28/h3-8,12-13,16,18-19H,9-11H2,1-2H3,(H,23,26). The van der Waals surface area contributed by atoms with Crippen LogP contribution in [0.3, 0.4) is 0 Å². The fourth-order valence-corrected chi connectivity index (χ4v) is 5.11. The molecule has 2 fully saturated rings. The summed E-state index contributed by atoms with van der Waals surface area (Å²) in [4.78, 5) is 41.0. The number of likely N-dealkylation sites (tertiary alicyclic amines) is 1. The van der Waals surface area contributed by atoms with Crippen LogP contribution in [0, 0.1) is 23.7 Å². The van der Waals surface area contributed by atoms with E-state index >= 15 is 0 Å². The fraction of sp³-hybridized carbons (Fsp3) is 0.476. The lowest BCUT2D eigenvalue weighted by atomic mass is 9.85. The summed E-state index contributed by atoms with van der Waals surface area (Å²) >= 11 is 6.30. The van der Waals surface area contributed by atoms with E-state index in [0.29, 0.717) is 11.6 Å². The van der Waals surface area contributed by atoms with Crippen LogP contribution in [0.25, 0.3) is 0 Å². The smallest absolute Gasteiger partial charge is 0.240 e. The second-order valence-electron chi connectivity index (χ2n) is 8.07. The van der Waals surface area contributed by atoms with Gasteiger partial charge < -0.3 is 10.2 Å². The largest absolute Gasteiger partial charge is 0.353 e. The van der Waals surface area contributed by atoms with E-state index in [1.165, 1.54) is 0 Å². The summed E-state index contributed by atoms with van der Waals surface area (Å²) in [5.74, 6) is -0.966. The lowest BCUT2D eigenvalue weighted by Crippen LogP contribution is -2.43. The van der Waals surface area contributed by atoms with Crippen LogP contribution in [0.1, 0.15) is 18.0 Å². The van der Waals surface area contributed by atoms with Gasteiger partial charge in [0.1, 0.15) is 6.54 Å². The number of halogens is 1. The van der Waals surface area contributed by atoms with Crippen LogP contribution in [-0.2, 0) is 14.4 Å². The Bertz CT molecular complexity index is 823. The molecule has 4 rings (SSSR count). The molecule has 28 heavy (non-hydrogen) atoms. The van der Waals surface area contributed by atoms with Gasteiger partial charge in [-0.25, -0.2) is 0 Å². The van der Waals surface area contributed by atoms with Crippen molar-refractivity contribution in [3.8, 4) is 0 Å². The van der Waals surface area contributed by atoms with Crippen molar-refractivity contribution >= 4 is 29.3 Å². The van der Waals surface area contributed by atoms with Crippen LogP contribution >= 0.6 is 11.6 Å². The van der Waals surface area contributed by atoms with E-state index in [4.69, 9.17) is 11.6 Å². The zero-order valence-electron chi connectivity index (χ0n) is 16.0. The average molecular weight is 402 g/mol. The van der Waals surface area contributed by atoms with Crippen molar-refractivity contribution < 1.29 is 14.4 Å². The zero-order valence-corrected chi connectivity index (χ0v) is 16.7. The minimum atomic E-state index is -0.333. The minimum absolute atomic E-state index is 0.109.